The second-order valence-electron chi connectivity index (χ2n) is 18.9. The Morgan fingerprint density at radius 3 is 1.52 bits per heavy atom. The molecular formula is C54H66N8O7. The van der Waals surface area contributed by atoms with Crippen molar-refractivity contribution < 1.29 is 29.4 Å². The lowest BCUT2D eigenvalue weighted by Crippen LogP contribution is -2.56. The van der Waals surface area contributed by atoms with Gasteiger partial charge in [-0.05, 0) is 159 Å². The van der Waals surface area contributed by atoms with Crippen molar-refractivity contribution in [1.82, 2.24) is 30.4 Å². The summed E-state index contributed by atoms with van der Waals surface area (Å²) in [6, 6.07) is 18.9. The number of rotatable bonds is 17. The maximum absolute atomic E-state index is 14.0. The molecule has 3 heterocycles. The summed E-state index contributed by atoms with van der Waals surface area (Å²) in [5.74, 6) is -0.856. The predicted molar refractivity (Wildman–Crippen MR) is 264 cm³/mol. The number of nitrogens with zero attached hydrogens (tertiary/aromatic N) is 3. The van der Waals surface area contributed by atoms with Crippen LogP contribution in [0.4, 0.5) is 0 Å². The molecule has 9 N–H and O–H groups in total. The number of amides is 4. The van der Waals surface area contributed by atoms with Gasteiger partial charge in [-0.15, -0.1) is 0 Å². The number of aromatic amines is 1. The molecule has 0 radical (unpaired) electrons. The van der Waals surface area contributed by atoms with Gasteiger partial charge >= 0.3 is 0 Å². The van der Waals surface area contributed by atoms with Gasteiger partial charge < -0.3 is 47.1 Å². The second-order valence-corrected chi connectivity index (χ2v) is 18.9. The van der Waals surface area contributed by atoms with Gasteiger partial charge in [0.25, 0.3) is 5.56 Å². The fraction of sp³-hybridized carbons (Fsp3) is 0.407. The third kappa shape index (κ3) is 11.9. The van der Waals surface area contributed by atoms with Gasteiger partial charge in [0.05, 0.1) is 17.8 Å². The van der Waals surface area contributed by atoms with Crippen molar-refractivity contribution in [2.24, 2.45) is 11.5 Å². The molecule has 15 nitrogen and oxygen atoms in total. The van der Waals surface area contributed by atoms with Crippen LogP contribution in [-0.2, 0) is 70.8 Å². The number of aromatic hydroxyl groups is 2. The lowest BCUT2D eigenvalue weighted by Gasteiger charge is -2.37. The highest BCUT2D eigenvalue weighted by atomic mass is 16.3. The van der Waals surface area contributed by atoms with E-state index in [4.69, 9.17) is 11.5 Å². The van der Waals surface area contributed by atoms with Crippen LogP contribution in [0.5, 0.6) is 11.5 Å². The molecule has 0 unspecified atom stereocenters. The van der Waals surface area contributed by atoms with Gasteiger partial charge in [0.15, 0.2) is 0 Å². The van der Waals surface area contributed by atoms with E-state index in [1.165, 1.54) is 0 Å². The summed E-state index contributed by atoms with van der Waals surface area (Å²) < 4.78 is 0. The Labute approximate surface area is 403 Å². The van der Waals surface area contributed by atoms with Crippen molar-refractivity contribution in [2.45, 2.75) is 130 Å². The Balaban J connectivity index is 0.890. The van der Waals surface area contributed by atoms with Crippen LogP contribution in [0.1, 0.15) is 92.0 Å². The largest absolute Gasteiger partial charge is 0.508 e. The number of fused-ring (bicyclic) bond motifs is 2. The number of phenolic OH excluding ortho intramolecular Hbond substituents is 2. The standard InChI is InChI=1S/C54H66N8O7/c1-31-21-40(63)22-32(2)42(31)27-44(55)53(68)61-29-38-15-8-6-13-36(38)25-48(61)51(66)57-19-11-10-17-47-50(65)60-46(35(5)59-47)18-12-20-58-52(67)49-26-37-14-7-9-16-39(37)30-62(49)54(69)45(56)28-43-33(3)23-41(64)24-34(43)4/h6-9,13-16,21-24,44-45,48-49,63-64H,10-12,17-20,25-30,55-56H2,1-5H3,(H,57,66)(H,58,67)(H,60,65)/t44-,45-,48-,49-/m0/s1. The van der Waals surface area contributed by atoms with Gasteiger partial charge in [-0.25, -0.2) is 0 Å². The number of benzene rings is 4. The Morgan fingerprint density at radius 2 is 1.07 bits per heavy atom. The third-order valence-electron chi connectivity index (χ3n) is 13.8. The van der Waals surface area contributed by atoms with Crippen molar-refractivity contribution in [3.8, 4) is 11.5 Å². The Morgan fingerprint density at radius 1 is 0.652 bits per heavy atom. The summed E-state index contributed by atoms with van der Waals surface area (Å²) in [6.45, 7) is 10.5. The van der Waals surface area contributed by atoms with E-state index >= 15 is 0 Å². The number of aryl methyl sites for hydroxylation is 7. The molecule has 4 amide bonds. The van der Waals surface area contributed by atoms with Crippen LogP contribution in [0.2, 0.25) is 0 Å². The van der Waals surface area contributed by atoms with E-state index in [0.717, 1.165) is 55.6 Å². The fourth-order valence-corrected chi connectivity index (χ4v) is 9.98. The molecule has 1 aromatic heterocycles. The molecule has 7 rings (SSSR count). The van der Waals surface area contributed by atoms with Crippen LogP contribution in [0.3, 0.4) is 0 Å². The number of nitrogens with one attached hydrogen (secondary N) is 3. The van der Waals surface area contributed by atoms with E-state index < -0.39 is 24.2 Å². The number of carbonyl (C=O) groups is 4. The minimum absolute atomic E-state index is 0.156. The number of hydrogen-bond acceptors (Lipinski definition) is 10. The van der Waals surface area contributed by atoms with Gasteiger partial charge in [-0.3, -0.25) is 29.0 Å². The van der Waals surface area contributed by atoms with Crippen LogP contribution in [-0.4, -0.2) is 90.9 Å². The first-order valence-corrected chi connectivity index (χ1v) is 24.0. The Kier molecular flexibility index (Phi) is 16.0. The van der Waals surface area contributed by atoms with Gasteiger partial charge in [-0.1, -0.05) is 48.5 Å². The zero-order valence-electron chi connectivity index (χ0n) is 40.4. The maximum Gasteiger partial charge on any atom is 0.269 e. The zero-order valence-corrected chi connectivity index (χ0v) is 40.4. The number of phenols is 2. The number of aromatic nitrogens is 2. The van der Waals surface area contributed by atoms with Crippen molar-refractivity contribution >= 4 is 23.6 Å². The topological polar surface area (TPSA) is 237 Å². The average Bonchev–Trinajstić information content (AvgIpc) is 3.32. The number of H-pyrrole nitrogens is 1. The number of unbranched alkanes of at least 4 members (excludes halogenated alkanes) is 1. The molecule has 0 saturated heterocycles. The lowest BCUT2D eigenvalue weighted by atomic mass is 9.91. The molecule has 0 fully saturated rings. The smallest absolute Gasteiger partial charge is 0.269 e. The number of nitrogens with two attached hydrogens (primary N) is 2. The Bertz CT molecular complexity index is 2740. The van der Waals surface area contributed by atoms with E-state index in [-0.39, 0.29) is 66.6 Å². The van der Waals surface area contributed by atoms with Gasteiger partial charge in [0.1, 0.15) is 29.3 Å². The van der Waals surface area contributed by atoms with E-state index in [9.17, 15) is 34.2 Å². The Hall–Kier alpha value is -6.84. The highest BCUT2D eigenvalue weighted by Crippen LogP contribution is 2.29. The van der Waals surface area contributed by atoms with Crippen LogP contribution >= 0.6 is 0 Å². The van der Waals surface area contributed by atoms with Crippen LogP contribution in [0.15, 0.2) is 77.6 Å². The summed E-state index contributed by atoms with van der Waals surface area (Å²) in [6.07, 6.45) is 3.86. The van der Waals surface area contributed by atoms with Crippen molar-refractivity contribution in [3.05, 3.63) is 156 Å². The monoisotopic (exact) mass is 939 g/mol. The minimum Gasteiger partial charge on any atom is -0.508 e. The molecule has 15 heteroatoms. The van der Waals surface area contributed by atoms with E-state index in [1.807, 2.05) is 83.1 Å². The van der Waals surface area contributed by atoms with Gasteiger partial charge in [0.2, 0.25) is 23.6 Å². The molecule has 364 valence electrons. The molecule has 0 bridgehead atoms. The summed E-state index contributed by atoms with van der Waals surface area (Å²) in [5, 5.41) is 26.1. The lowest BCUT2D eigenvalue weighted by molar-refractivity contribution is -0.142. The first-order chi connectivity index (χ1) is 33.0. The fourth-order valence-electron chi connectivity index (χ4n) is 9.98. The van der Waals surface area contributed by atoms with Gasteiger partial charge in [0, 0.05) is 44.7 Å². The van der Waals surface area contributed by atoms with E-state index in [2.05, 4.69) is 20.6 Å². The first kappa shape index (κ1) is 50.0. The second kappa shape index (κ2) is 22.1. The molecule has 4 atom stereocenters. The normalized spacial score (nSPS) is 16.3. The summed E-state index contributed by atoms with van der Waals surface area (Å²) in [4.78, 5) is 79.4. The van der Waals surface area contributed by atoms with Crippen molar-refractivity contribution in [3.63, 3.8) is 0 Å². The number of hydrogen-bond donors (Lipinski definition) is 7. The third-order valence-corrected chi connectivity index (χ3v) is 13.8. The van der Waals surface area contributed by atoms with E-state index in [1.54, 1.807) is 34.1 Å². The van der Waals surface area contributed by atoms with Crippen LogP contribution in [0, 0.1) is 34.6 Å². The van der Waals surface area contributed by atoms with Crippen molar-refractivity contribution in [1.29, 1.82) is 0 Å². The first-order valence-electron chi connectivity index (χ1n) is 24.0. The molecule has 0 spiro atoms. The summed E-state index contributed by atoms with van der Waals surface area (Å²) >= 11 is 0. The van der Waals surface area contributed by atoms with Crippen LogP contribution < -0.4 is 27.7 Å². The highest BCUT2D eigenvalue weighted by Gasteiger charge is 2.38. The molecule has 0 aliphatic carbocycles. The summed E-state index contributed by atoms with van der Waals surface area (Å²) in [5.41, 5.74) is 23.7. The molecule has 0 saturated carbocycles. The molecule has 4 aromatic carbocycles. The highest BCUT2D eigenvalue weighted by molar-refractivity contribution is 5.91. The van der Waals surface area contributed by atoms with Gasteiger partial charge in [-0.2, -0.15) is 0 Å². The average molecular weight is 939 g/mol. The molecule has 2 aliphatic heterocycles. The molecular weight excluding hydrogens is 873 g/mol. The molecule has 5 aromatic rings. The van der Waals surface area contributed by atoms with Crippen LogP contribution in [0.25, 0.3) is 0 Å². The number of carbonyl (C=O) groups excluding carboxylic acids is 4. The summed E-state index contributed by atoms with van der Waals surface area (Å²) in [7, 11) is 0. The predicted octanol–water partition coefficient (Wildman–Crippen LogP) is 4.26. The zero-order chi connectivity index (χ0) is 49.5. The van der Waals surface area contributed by atoms with E-state index in [0.29, 0.717) is 75.1 Å². The SMILES string of the molecule is Cc1cc(O)cc(C)c1C[C@H](N)C(=O)N1Cc2ccccc2C[C@H]1C(=O)NCCCCc1nc(C)c(CCCNC(=O)[C@@H]2Cc3ccccc3CN2C(=O)[C@@H](N)Cc2c(C)cc(O)cc2C)[nH]c1=O. The quantitative estimate of drug-likeness (QED) is 0.0655. The van der Waals surface area contributed by atoms with Crippen molar-refractivity contribution in [2.75, 3.05) is 13.1 Å². The molecule has 69 heavy (non-hydrogen) atoms. The maximum atomic E-state index is 14.0. The molecule has 2 aliphatic rings. The minimum atomic E-state index is -0.886.